The second kappa shape index (κ2) is 11.4. The topological polar surface area (TPSA) is 151 Å². The number of nitrogens with zero attached hydrogens (tertiary/aromatic N) is 3. The van der Waals surface area contributed by atoms with Gasteiger partial charge >= 0.3 is 5.97 Å². The van der Waals surface area contributed by atoms with Crippen LogP contribution in [0, 0.1) is 12.7 Å². The van der Waals surface area contributed by atoms with Crippen molar-refractivity contribution in [1.29, 1.82) is 0 Å². The van der Waals surface area contributed by atoms with Crippen molar-refractivity contribution in [3.8, 4) is 11.4 Å². The highest BCUT2D eigenvalue weighted by molar-refractivity contribution is 5.97. The van der Waals surface area contributed by atoms with Crippen molar-refractivity contribution in [3.05, 3.63) is 97.6 Å². The summed E-state index contributed by atoms with van der Waals surface area (Å²) in [7, 11) is 0. The average molecular weight is 641 g/mol. The third-order valence-electron chi connectivity index (χ3n) is 9.73. The number of hydrogen-bond donors (Lipinski definition) is 3. The van der Waals surface area contributed by atoms with Crippen molar-refractivity contribution in [2.45, 2.75) is 57.9 Å². The normalized spacial score (nSPS) is 19.1. The van der Waals surface area contributed by atoms with E-state index in [0.717, 1.165) is 5.56 Å². The lowest BCUT2D eigenvalue weighted by molar-refractivity contribution is -0.172. The molecular weight excluding hydrogens is 607 g/mol. The molecule has 11 nitrogen and oxygen atoms in total. The van der Waals surface area contributed by atoms with E-state index < -0.39 is 40.8 Å². The Balaban J connectivity index is 1.32. The minimum Gasteiger partial charge on any atom is -0.458 e. The lowest BCUT2D eigenvalue weighted by Crippen LogP contribution is -2.44. The number of aromatic nitrogens is 2. The van der Waals surface area contributed by atoms with Crippen molar-refractivity contribution in [1.82, 2.24) is 19.8 Å². The van der Waals surface area contributed by atoms with E-state index in [1.54, 1.807) is 50.2 Å². The number of halogens is 1. The smallest absolute Gasteiger partial charge is 0.343 e. The molecule has 2 aromatic carbocycles. The molecule has 0 radical (unpaired) electrons. The summed E-state index contributed by atoms with van der Waals surface area (Å²) in [6.45, 7) is 2.50. The standard InChI is InChI=1S/C35H33FN4O7/c1-3-35(46)23-13-27-31-21(15-40(27)33(44)22(23)17-47-34(35)45)30-25(10-9-20-18(2)24(36)14-26(38-31)29(20)30)37-28(42)16-39(11-12-41)32(43)19-7-5-4-6-8-19/h4-8,13-14,25,41,46H,3,9-12,15-17H2,1-2H3,(H,37,42). The Bertz CT molecular complexity index is 2060. The molecular formula is C35H33FN4O7. The van der Waals surface area contributed by atoms with Gasteiger partial charge in [-0.25, -0.2) is 14.2 Å². The Morgan fingerprint density at radius 1 is 1.17 bits per heavy atom. The number of esters is 1. The monoisotopic (exact) mass is 640 g/mol. The summed E-state index contributed by atoms with van der Waals surface area (Å²) in [5, 5.41) is 24.7. The van der Waals surface area contributed by atoms with E-state index in [1.807, 2.05) is 0 Å². The number of rotatable bonds is 7. The molecule has 2 amide bonds. The highest BCUT2D eigenvalue weighted by Gasteiger charge is 2.46. The van der Waals surface area contributed by atoms with Crippen LogP contribution in [0.25, 0.3) is 22.3 Å². The Labute approximate surface area is 268 Å². The van der Waals surface area contributed by atoms with Crippen LogP contribution in [0.5, 0.6) is 0 Å². The highest BCUT2D eigenvalue weighted by atomic mass is 19.1. The molecule has 2 unspecified atom stereocenters. The average Bonchev–Trinajstić information content (AvgIpc) is 3.44. The van der Waals surface area contributed by atoms with Crippen LogP contribution in [-0.2, 0) is 39.5 Å². The van der Waals surface area contributed by atoms with Crippen molar-refractivity contribution < 1.29 is 33.7 Å². The molecule has 0 saturated carbocycles. The number of pyridine rings is 2. The first-order chi connectivity index (χ1) is 22.6. The number of amides is 2. The number of hydrogen-bond acceptors (Lipinski definition) is 8. The van der Waals surface area contributed by atoms with Crippen LogP contribution in [0.3, 0.4) is 0 Å². The van der Waals surface area contributed by atoms with Crippen molar-refractivity contribution in [2.24, 2.45) is 0 Å². The number of carbonyl (C=O) groups excluding carboxylic acids is 3. The molecule has 4 aromatic rings. The highest BCUT2D eigenvalue weighted by Crippen LogP contribution is 2.46. The fourth-order valence-electron chi connectivity index (χ4n) is 7.25. The van der Waals surface area contributed by atoms with Crippen LogP contribution in [0.15, 0.2) is 47.3 Å². The first kappa shape index (κ1) is 30.7. The predicted octanol–water partition coefficient (Wildman–Crippen LogP) is 2.77. The quantitative estimate of drug-likeness (QED) is 0.230. The molecule has 2 aliphatic heterocycles. The molecule has 0 spiro atoms. The first-order valence-corrected chi connectivity index (χ1v) is 15.6. The molecule has 0 bridgehead atoms. The SMILES string of the molecule is CCC1(O)C(=O)OCc2c1cc1n(c2=O)Cc2c-1nc1cc(F)c(C)c3c1c2C(NC(=O)CN(CCO)C(=O)c1ccccc1)CC3. The molecule has 1 aliphatic carbocycles. The predicted molar refractivity (Wildman–Crippen MR) is 168 cm³/mol. The van der Waals surface area contributed by atoms with Gasteiger partial charge in [-0.3, -0.25) is 14.4 Å². The van der Waals surface area contributed by atoms with Gasteiger partial charge in [0.1, 0.15) is 12.4 Å². The maximum atomic E-state index is 15.2. The van der Waals surface area contributed by atoms with Gasteiger partial charge in [0.2, 0.25) is 5.91 Å². The molecule has 12 heteroatoms. The van der Waals surface area contributed by atoms with Crippen molar-refractivity contribution in [2.75, 3.05) is 19.7 Å². The Hall–Kier alpha value is -4.94. The summed E-state index contributed by atoms with van der Waals surface area (Å²) in [5.41, 5.74) is 2.11. The van der Waals surface area contributed by atoms with E-state index >= 15 is 4.39 Å². The van der Waals surface area contributed by atoms with Crippen LogP contribution in [-0.4, -0.2) is 62.1 Å². The van der Waals surface area contributed by atoms with Crippen molar-refractivity contribution >= 4 is 28.7 Å². The molecule has 3 N–H and O–H groups in total. The van der Waals surface area contributed by atoms with E-state index in [0.29, 0.717) is 57.4 Å². The Kier molecular flexibility index (Phi) is 7.44. The van der Waals surface area contributed by atoms with Gasteiger partial charge < -0.3 is 29.7 Å². The second-order valence-electron chi connectivity index (χ2n) is 12.3. The minimum atomic E-state index is -2.00. The Morgan fingerprint density at radius 3 is 2.66 bits per heavy atom. The number of fused-ring (bicyclic) bond motifs is 5. The fraction of sp³-hybridized carbons (Fsp3) is 0.343. The van der Waals surface area contributed by atoms with Gasteiger partial charge in [0.05, 0.1) is 48.2 Å². The van der Waals surface area contributed by atoms with Gasteiger partial charge in [0, 0.05) is 34.7 Å². The van der Waals surface area contributed by atoms with Crippen LogP contribution >= 0.6 is 0 Å². The molecule has 47 heavy (non-hydrogen) atoms. The molecule has 3 aliphatic rings. The largest absolute Gasteiger partial charge is 0.458 e. The van der Waals surface area contributed by atoms with E-state index in [4.69, 9.17) is 9.72 Å². The lowest BCUT2D eigenvalue weighted by atomic mass is 9.81. The second-order valence-corrected chi connectivity index (χ2v) is 12.3. The van der Waals surface area contributed by atoms with Crippen LogP contribution < -0.4 is 10.9 Å². The van der Waals surface area contributed by atoms with Gasteiger partial charge in [-0.15, -0.1) is 0 Å². The van der Waals surface area contributed by atoms with E-state index in [1.165, 1.54) is 15.5 Å². The molecule has 4 heterocycles. The van der Waals surface area contributed by atoms with E-state index in [-0.39, 0.29) is 50.4 Å². The van der Waals surface area contributed by atoms with Gasteiger partial charge in [-0.2, -0.15) is 0 Å². The van der Waals surface area contributed by atoms with Gasteiger partial charge in [0.25, 0.3) is 11.5 Å². The first-order valence-electron chi connectivity index (χ1n) is 15.6. The van der Waals surface area contributed by atoms with Gasteiger partial charge in [0.15, 0.2) is 5.60 Å². The maximum absolute atomic E-state index is 15.2. The fourth-order valence-corrected chi connectivity index (χ4v) is 7.25. The zero-order valence-electron chi connectivity index (χ0n) is 25.9. The van der Waals surface area contributed by atoms with Gasteiger partial charge in [-0.05, 0) is 61.1 Å². The molecule has 2 atom stereocenters. The van der Waals surface area contributed by atoms with Crippen LogP contribution in [0.4, 0.5) is 4.39 Å². The van der Waals surface area contributed by atoms with E-state index in [2.05, 4.69) is 5.32 Å². The van der Waals surface area contributed by atoms with Crippen molar-refractivity contribution in [3.63, 3.8) is 0 Å². The zero-order valence-corrected chi connectivity index (χ0v) is 25.9. The molecule has 2 aromatic heterocycles. The molecule has 0 fully saturated rings. The van der Waals surface area contributed by atoms with Crippen LogP contribution in [0.1, 0.15) is 69.5 Å². The number of aryl methyl sites for hydroxylation is 1. The van der Waals surface area contributed by atoms with Crippen LogP contribution in [0.2, 0.25) is 0 Å². The lowest BCUT2D eigenvalue weighted by Gasteiger charge is -2.31. The third kappa shape index (κ3) is 4.73. The number of nitrogens with one attached hydrogen (secondary N) is 1. The summed E-state index contributed by atoms with van der Waals surface area (Å²) in [4.78, 5) is 59.3. The van der Waals surface area contributed by atoms with E-state index in [9.17, 15) is 29.4 Å². The number of carbonyl (C=O) groups is 3. The number of aliphatic hydroxyl groups excluding tert-OH is 1. The Morgan fingerprint density at radius 2 is 1.94 bits per heavy atom. The zero-order chi connectivity index (χ0) is 33.2. The summed E-state index contributed by atoms with van der Waals surface area (Å²) in [5.74, 6) is -2.09. The summed E-state index contributed by atoms with van der Waals surface area (Å²) < 4.78 is 21.9. The summed E-state index contributed by atoms with van der Waals surface area (Å²) in [6.07, 6.45) is 0.889. The number of benzene rings is 2. The molecule has 0 saturated heterocycles. The molecule has 7 rings (SSSR count). The minimum absolute atomic E-state index is 0.00693. The maximum Gasteiger partial charge on any atom is 0.343 e. The molecule has 242 valence electrons. The number of ether oxygens (including phenoxy) is 1. The number of aliphatic hydroxyl groups is 2. The third-order valence-corrected chi connectivity index (χ3v) is 9.73. The number of cyclic esters (lactones) is 1. The van der Waals surface area contributed by atoms with Gasteiger partial charge in [-0.1, -0.05) is 25.1 Å². The summed E-state index contributed by atoms with van der Waals surface area (Å²) in [6, 6.07) is 10.9. The summed E-state index contributed by atoms with van der Waals surface area (Å²) >= 11 is 0.